The third-order valence-electron chi connectivity index (χ3n) is 4.74. The predicted molar refractivity (Wildman–Crippen MR) is 103 cm³/mol. The molecule has 27 heavy (non-hydrogen) atoms. The average molecular weight is 361 g/mol. The standard InChI is InChI=1S/C21H19N3O3/c1-12-4-3-5-17(26)18(12)15-11-23-24-21-19(15)16(10-22-21)20(27-2)13-6-8-14(25)9-7-13/h3-11,20,25-26H,1-2H3,(H,22,24). The average Bonchev–Trinajstić information content (AvgIpc) is 3.09. The molecule has 0 aliphatic heterocycles. The zero-order valence-electron chi connectivity index (χ0n) is 15.0. The number of rotatable bonds is 4. The van der Waals surface area contributed by atoms with Crippen LogP contribution in [0.4, 0.5) is 0 Å². The SMILES string of the molecule is COC(c1ccc(O)cc1)c1c[nH]c2nncc(-c3c(C)cccc3O)c12. The van der Waals surface area contributed by atoms with E-state index in [4.69, 9.17) is 4.74 Å². The second-order valence-electron chi connectivity index (χ2n) is 6.40. The van der Waals surface area contributed by atoms with Crippen molar-refractivity contribution in [3.05, 3.63) is 71.5 Å². The van der Waals surface area contributed by atoms with E-state index in [2.05, 4.69) is 15.2 Å². The molecule has 0 spiro atoms. The molecular weight excluding hydrogens is 342 g/mol. The number of phenolic OH excluding ortho intramolecular Hbond substituents is 2. The Morgan fingerprint density at radius 1 is 1.07 bits per heavy atom. The number of aromatic hydroxyl groups is 2. The number of hydrogen-bond donors (Lipinski definition) is 3. The Bertz CT molecular complexity index is 1080. The lowest BCUT2D eigenvalue weighted by Gasteiger charge is -2.17. The Kier molecular flexibility index (Phi) is 4.25. The summed E-state index contributed by atoms with van der Waals surface area (Å²) in [5.74, 6) is 0.388. The Labute approximate surface area is 156 Å². The number of methoxy groups -OCH3 is 1. The van der Waals surface area contributed by atoms with Crippen LogP contribution >= 0.6 is 0 Å². The summed E-state index contributed by atoms with van der Waals surface area (Å²) in [5.41, 5.74) is 4.84. The molecular formula is C21H19N3O3. The lowest BCUT2D eigenvalue weighted by Crippen LogP contribution is -2.03. The lowest BCUT2D eigenvalue weighted by atomic mass is 9.94. The van der Waals surface area contributed by atoms with E-state index < -0.39 is 0 Å². The molecule has 0 fully saturated rings. The molecule has 0 amide bonds. The van der Waals surface area contributed by atoms with Crippen LogP contribution in [0.15, 0.2) is 54.9 Å². The van der Waals surface area contributed by atoms with Crippen LogP contribution in [0.3, 0.4) is 0 Å². The van der Waals surface area contributed by atoms with E-state index in [0.29, 0.717) is 5.65 Å². The first-order valence-electron chi connectivity index (χ1n) is 8.53. The maximum Gasteiger partial charge on any atom is 0.160 e. The smallest absolute Gasteiger partial charge is 0.160 e. The first-order chi connectivity index (χ1) is 13.1. The highest BCUT2D eigenvalue weighted by molar-refractivity contribution is 5.97. The molecule has 2 aromatic carbocycles. The maximum atomic E-state index is 10.5. The van der Waals surface area contributed by atoms with Crippen LogP contribution in [0, 0.1) is 6.92 Å². The van der Waals surface area contributed by atoms with E-state index in [0.717, 1.165) is 33.2 Å². The van der Waals surface area contributed by atoms with Crippen molar-refractivity contribution in [1.29, 1.82) is 0 Å². The minimum atomic E-state index is -0.367. The Morgan fingerprint density at radius 3 is 2.56 bits per heavy atom. The maximum absolute atomic E-state index is 10.5. The molecule has 0 saturated carbocycles. The van der Waals surface area contributed by atoms with Gasteiger partial charge in [-0.05, 0) is 36.2 Å². The topological polar surface area (TPSA) is 91.3 Å². The minimum absolute atomic E-state index is 0.190. The van der Waals surface area contributed by atoms with Gasteiger partial charge >= 0.3 is 0 Å². The van der Waals surface area contributed by atoms with E-state index >= 15 is 0 Å². The number of hydrogen-bond acceptors (Lipinski definition) is 5. The fraction of sp³-hybridized carbons (Fsp3) is 0.143. The highest BCUT2D eigenvalue weighted by Gasteiger charge is 2.22. The van der Waals surface area contributed by atoms with E-state index in [1.165, 1.54) is 0 Å². The van der Waals surface area contributed by atoms with Gasteiger partial charge in [0.15, 0.2) is 5.65 Å². The molecule has 0 saturated heterocycles. The zero-order valence-corrected chi connectivity index (χ0v) is 15.0. The van der Waals surface area contributed by atoms with Gasteiger partial charge in [0.05, 0.1) is 6.20 Å². The van der Waals surface area contributed by atoms with Crippen molar-refractivity contribution in [3.8, 4) is 22.6 Å². The summed E-state index contributed by atoms with van der Waals surface area (Å²) in [6.07, 6.45) is 3.14. The van der Waals surface area contributed by atoms with Crippen LogP contribution in [0.5, 0.6) is 11.5 Å². The first kappa shape index (κ1) is 17.1. The molecule has 2 aromatic heterocycles. The largest absolute Gasteiger partial charge is 0.508 e. The molecule has 4 aromatic rings. The Balaban J connectivity index is 1.96. The number of aryl methyl sites for hydroxylation is 1. The van der Waals surface area contributed by atoms with Crippen molar-refractivity contribution < 1.29 is 14.9 Å². The van der Waals surface area contributed by atoms with Crippen LogP contribution in [-0.4, -0.2) is 32.5 Å². The zero-order chi connectivity index (χ0) is 19.0. The predicted octanol–water partition coefficient (Wildman–Crippen LogP) is 4.08. The third kappa shape index (κ3) is 2.90. The molecule has 136 valence electrons. The molecule has 1 atom stereocenters. The van der Waals surface area contributed by atoms with E-state index in [9.17, 15) is 10.2 Å². The molecule has 4 rings (SSSR count). The summed E-state index contributed by atoms with van der Waals surface area (Å²) in [4.78, 5) is 3.15. The van der Waals surface area contributed by atoms with E-state index in [1.54, 1.807) is 31.5 Å². The van der Waals surface area contributed by atoms with Gasteiger partial charge in [-0.2, -0.15) is 5.10 Å². The number of H-pyrrole nitrogens is 1. The monoisotopic (exact) mass is 361 g/mol. The molecule has 6 heteroatoms. The molecule has 2 heterocycles. The Hall–Kier alpha value is -3.38. The lowest BCUT2D eigenvalue weighted by molar-refractivity contribution is 0.137. The third-order valence-corrected chi connectivity index (χ3v) is 4.74. The molecule has 6 nitrogen and oxygen atoms in total. The molecule has 0 bridgehead atoms. The first-order valence-corrected chi connectivity index (χ1v) is 8.53. The Morgan fingerprint density at radius 2 is 1.85 bits per heavy atom. The number of benzene rings is 2. The van der Waals surface area contributed by atoms with Gasteiger partial charge in [0.25, 0.3) is 0 Å². The van der Waals surface area contributed by atoms with Gasteiger partial charge < -0.3 is 19.9 Å². The van der Waals surface area contributed by atoms with Crippen LogP contribution in [0.25, 0.3) is 22.2 Å². The minimum Gasteiger partial charge on any atom is -0.508 e. The van der Waals surface area contributed by atoms with Crippen molar-refractivity contribution in [2.24, 2.45) is 0 Å². The number of aromatic amines is 1. The van der Waals surface area contributed by atoms with Crippen molar-refractivity contribution in [2.75, 3.05) is 7.11 Å². The van der Waals surface area contributed by atoms with Crippen LogP contribution in [0.2, 0.25) is 0 Å². The fourth-order valence-corrected chi connectivity index (χ4v) is 3.49. The highest BCUT2D eigenvalue weighted by Crippen LogP contribution is 2.40. The highest BCUT2D eigenvalue weighted by atomic mass is 16.5. The van der Waals surface area contributed by atoms with Crippen molar-refractivity contribution in [2.45, 2.75) is 13.0 Å². The summed E-state index contributed by atoms with van der Waals surface area (Å²) >= 11 is 0. The van der Waals surface area contributed by atoms with E-state index in [-0.39, 0.29) is 17.6 Å². The molecule has 0 aliphatic carbocycles. The van der Waals surface area contributed by atoms with Crippen molar-refractivity contribution >= 4 is 11.0 Å². The molecule has 0 radical (unpaired) electrons. The number of nitrogens with zero attached hydrogens (tertiary/aromatic N) is 2. The molecule has 0 aliphatic rings. The summed E-state index contributed by atoms with van der Waals surface area (Å²) in [5, 5.41) is 29.2. The van der Waals surface area contributed by atoms with Gasteiger partial charge in [-0.3, -0.25) is 0 Å². The second-order valence-corrected chi connectivity index (χ2v) is 6.40. The summed E-state index contributed by atoms with van der Waals surface area (Å²) < 4.78 is 5.77. The number of phenols is 2. The normalized spacial score (nSPS) is 12.4. The van der Waals surface area contributed by atoms with Crippen molar-refractivity contribution in [3.63, 3.8) is 0 Å². The van der Waals surface area contributed by atoms with Crippen LogP contribution < -0.4 is 0 Å². The van der Waals surface area contributed by atoms with Gasteiger partial charge in [-0.1, -0.05) is 24.3 Å². The quantitative estimate of drug-likeness (QED) is 0.509. The van der Waals surface area contributed by atoms with E-state index in [1.807, 2.05) is 37.4 Å². The number of ether oxygens (including phenoxy) is 1. The molecule has 1 unspecified atom stereocenters. The summed E-state index contributed by atoms with van der Waals surface area (Å²) in [7, 11) is 1.63. The van der Waals surface area contributed by atoms with Gasteiger partial charge in [-0.15, -0.1) is 5.10 Å². The van der Waals surface area contributed by atoms with Gasteiger partial charge in [0.1, 0.15) is 17.6 Å². The number of fused-ring (bicyclic) bond motifs is 1. The van der Waals surface area contributed by atoms with Crippen molar-refractivity contribution in [1.82, 2.24) is 15.2 Å². The number of aromatic nitrogens is 3. The van der Waals surface area contributed by atoms with Crippen LogP contribution in [-0.2, 0) is 4.74 Å². The van der Waals surface area contributed by atoms with Gasteiger partial charge in [-0.25, -0.2) is 0 Å². The van der Waals surface area contributed by atoms with Gasteiger partial charge in [0, 0.05) is 35.4 Å². The number of nitrogens with one attached hydrogen (secondary N) is 1. The fourth-order valence-electron chi connectivity index (χ4n) is 3.49. The van der Waals surface area contributed by atoms with Crippen LogP contribution in [0.1, 0.15) is 22.8 Å². The molecule has 3 N–H and O–H groups in total. The van der Waals surface area contributed by atoms with Gasteiger partial charge in [0.2, 0.25) is 0 Å². The summed E-state index contributed by atoms with van der Waals surface area (Å²) in [6, 6.07) is 12.3. The summed E-state index contributed by atoms with van der Waals surface area (Å²) in [6.45, 7) is 1.95. The second kappa shape index (κ2) is 6.74.